The number of hydrogen-bond acceptors (Lipinski definition) is 4. The number of benzene rings is 1. The molecule has 0 aliphatic rings. The van der Waals surface area contributed by atoms with Crippen molar-refractivity contribution in [2.75, 3.05) is 6.61 Å². The van der Waals surface area contributed by atoms with Gasteiger partial charge in [0.2, 0.25) is 5.91 Å². The summed E-state index contributed by atoms with van der Waals surface area (Å²) in [6.45, 7) is 4.48. The summed E-state index contributed by atoms with van der Waals surface area (Å²) in [6.07, 6.45) is 2.92. The van der Waals surface area contributed by atoms with Crippen LogP contribution in [0.25, 0.3) is 5.65 Å². The third kappa shape index (κ3) is 3.96. The first-order valence-corrected chi connectivity index (χ1v) is 8.48. The van der Waals surface area contributed by atoms with Crippen LogP contribution < -0.4 is 10.1 Å². The molecule has 0 aliphatic heterocycles. The third-order valence-electron chi connectivity index (χ3n) is 4.00. The molecule has 1 unspecified atom stereocenters. The van der Waals surface area contributed by atoms with E-state index in [1.807, 2.05) is 66.9 Å². The van der Waals surface area contributed by atoms with E-state index >= 15 is 0 Å². The summed E-state index contributed by atoms with van der Waals surface area (Å²) in [5, 5.41) is 11.3. The van der Waals surface area contributed by atoms with E-state index < -0.39 is 0 Å². The number of carbonyl (C=O) groups excluding carboxylic acids is 1. The maximum absolute atomic E-state index is 12.3. The van der Waals surface area contributed by atoms with Crippen molar-refractivity contribution in [1.82, 2.24) is 19.9 Å². The number of ether oxygens (including phenoxy) is 1. The smallest absolute Gasteiger partial charge is 0.220 e. The van der Waals surface area contributed by atoms with Gasteiger partial charge in [0.15, 0.2) is 11.5 Å². The predicted octanol–water partition coefficient (Wildman–Crippen LogP) is 2.94. The monoisotopic (exact) mass is 338 g/mol. The van der Waals surface area contributed by atoms with Crippen LogP contribution in [-0.4, -0.2) is 27.1 Å². The predicted molar refractivity (Wildman–Crippen MR) is 95.5 cm³/mol. The number of hydrogen-bond donors (Lipinski definition) is 1. The Hall–Kier alpha value is -2.89. The molecule has 0 saturated carbocycles. The zero-order valence-electron chi connectivity index (χ0n) is 14.5. The van der Waals surface area contributed by atoms with Crippen molar-refractivity contribution in [3.8, 4) is 5.75 Å². The maximum atomic E-state index is 12.3. The number of nitrogens with zero attached hydrogens (tertiary/aromatic N) is 3. The average Bonchev–Trinajstić information content (AvgIpc) is 3.05. The molecule has 1 atom stereocenters. The third-order valence-corrected chi connectivity index (χ3v) is 4.00. The molecular formula is C19H22N4O2. The van der Waals surface area contributed by atoms with Crippen molar-refractivity contribution in [3.05, 3.63) is 60.0 Å². The quantitative estimate of drug-likeness (QED) is 0.719. The first-order valence-electron chi connectivity index (χ1n) is 8.48. The molecule has 0 aliphatic carbocycles. The van der Waals surface area contributed by atoms with E-state index in [9.17, 15) is 4.79 Å². The van der Waals surface area contributed by atoms with Gasteiger partial charge in [-0.25, -0.2) is 0 Å². The van der Waals surface area contributed by atoms with Gasteiger partial charge in [0.05, 0.1) is 12.6 Å². The molecule has 130 valence electrons. The van der Waals surface area contributed by atoms with Gasteiger partial charge in [0.1, 0.15) is 5.75 Å². The Balaban J connectivity index is 1.61. The highest BCUT2D eigenvalue weighted by Crippen LogP contribution is 2.20. The molecule has 25 heavy (non-hydrogen) atoms. The SMILES string of the molecule is CCOc1ccccc1CCC(=O)NC(C)c1nnc2ccccn12. The van der Waals surface area contributed by atoms with Crippen molar-refractivity contribution >= 4 is 11.6 Å². The Bertz CT molecular complexity index is 859. The van der Waals surface area contributed by atoms with Gasteiger partial charge in [-0.15, -0.1) is 10.2 Å². The van der Waals surface area contributed by atoms with Gasteiger partial charge in [-0.2, -0.15) is 0 Å². The van der Waals surface area contributed by atoms with Gasteiger partial charge < -0.3 is 10.1 Å². The average molecular weight is 338 g/mol. The van der Waals surface area contributed by atoms with Gasteiger partial charge in [-0.1, -0.05) is 24.3 Å². The standard InChI is InChI=1S/C19H22N4O2/c1-3-25-16-9-5-4-8-15(16)11-12-18(24)20-14(2)19-22-21-17-10-6-7-13-23(17)19/h4-10,13-14H,3,11-12H2,1-2H3,(H,20,24). The Morgan fingerprint density at radius 1 is 1.20 bits per heavy atom. The van der Waals surface area contributed by atoms with Gasteiger partial charge in [-0.05, 0) is 44.0 Å². The second-order valence-electron chi connectivity index (χ2n) is 5.82. The lowest BCUT2D eigenvalue weighted by Crippen LogP contribution is -2.28. The Labute approximate surface area is 146 Å². The lowest BCUT2D eigenvalue weighted by Gasteiger charge is -2.13. The summed E-state index contributed by atoms with van der Waals surface area (Å²) in [6, 6.07) is 13.3. The molecule has 2 heterocycles. The Kier molecular flexibility index (Phi) is 5.28. The minimum absolute atomic E-state index is 0.0218. The minimum Gasteiger partial charge on any atom is -0.494 e. The van der Waals surface area contributed by atoms with Crippen LogP contribution in [0.4, 0.5) is 0 Å². The summed E-state index contributed by atoms with van der Waals surface area (Å²) >= 11 is 0. The van der Waals surface area contributed by atoms with Crippen LogP contribution >= 0.6 is 0 Å². The fourth-order valence-electron chi connectivity index (χ4n) is 2.79. The van der Waals surface area contributed by atoms with Crippen LogP contribution in [0.2, 0.25) is 0 Å². The van der Waals surface area contributed by atoms with Crippen molar-refractivity contribution in [2.45, 2.75) is 32.7 Å². The van der Waals surface area contributed by atoms with E-state index in [1.54, 1.807) is 0 Å². The number of carbonyl (C=O) groups is 1. The number of aryl methyl sites for hydroxylation is 1. The topological polar surface area (TPSA) is 68.5 Å². The molecule has 0 saturated heterocycles. The highest BCUT2D eigenvalue weighted by atomic mass is 16.5. The number of rotatable bonds is 7. The molecule has 0 fully saturated rings. The van der Waals surface area contributed by atoms with E-state index in [1.165, 1.54) is 0 Å². The van der Waals surface area contributed by atoms with Crippen molar-refractivity contribution in [2.24, 2.45) is 0 Å². The van der Waals surface area contributed by atoms with Gasteiger partial charge in [0.25, 0.3) is 0 Å². The molecule has 3 rings (SSSR count). The van der Waals surface area contributed by atoms with E-state index in [4.69, 9.17) is 4.74 Å². The number of pyridine rings is 1. The first kappa shape index (κ1) is 17.0. The number of para-hydroxylation sites is 1. The van der Waals surface area contributed by atoms with Crippen molar-refractivity contribution in [1.29, 1.82) is 0 Å². The summed E-state index contributed by atoms with van der Waals surface area (Å²) < 4.78 is 7.49. The minimum atomic E-state index is -0.216. The fraction of sp³-hybridized carbons (Fsp3) is 0.316. The van der Waals surface area contributed by atoms with E-state index in [2.05, 4.69) is 15.5 Å². The zero-order chi connectivity index (χ0) is 17.6. The molecule has 6 nitrogen and oxygen atoms in total. The van der Waals surface area contributed by atoms with Gasteiger partial charge >= 0.3 is 0 Å². The largest absolute Gasteiger partial charge is 0.494 e. The van der Waals surface area contributed by atoms with Crippen molar-refractivity contribution in [3.63, 3.8) is 0 Å². The summed E-state index contributed by atoms with van der Waals surface area (Å²) in [5.74, 6) is 1.54. The lowest BCUT2D eigenvalue weighted by molar-refractivity contribution is -0.121. The maximum Gasteiger partial charge on any atom is 0.220 e. The van der Waals surface area contributed by atoms with E-state index in [0.29, 0.717) is 19.4 Å². The number of nitrogens with one attached hydrogen (secondary N) is 1. The molecule has 0 bridgehead atoms. The van der Waals surface area contributed by atoms with Crippen LogP contribution in [0.1, 0.15) is 37.7 Å². The molecule has 1 N–H and O–H groups in total. The lowest BCUT2D eigenvalue weighted by atomic mass is 10.1. The molecule has 6 heteroatoms. The summed E-state index contributed by atoms with van der Waals surface area (Å²) in [5.41, 5.74) is 1.81. The van der Waals surface area contributed by atoms with E-state index in [-0.39, 0.29) is 11.9 Å². The van der Waals surface area contributed by atoms with Crippen molar-refractivity contribution < 1.29 is 9.53 Å². The van der Waals surface area contributed by atoms with Gasteiger partial charge in [-0.3, -0.25) is 9.20 Å². The van der Waals surface area contributed by atoms with Crippen LogP contribution in [0.3, 0.4) is 0 Å². The van der Waals surface area contributed by atoms with Crippen LogP contribution in [0.5, 0.6) is 5.75 Å². The molecule has 0 spiro atoms. The highest BCUT2D eigenvalue weighted by Gasteiger charge is 2.16. The second-order valence-corrected chi connectivity index (χ2v) is 5.82. The Morgan fingerprint density at radius 3 is 2.84 bits per heavy atom. The Morgan fingerprint density at radius 2 is 2.00 bits per heavy atom. The molecular weight excluding hydrogens is 316 g/mol. The van der Waals surface area contributed by atoms with Crippen LogP contribution in [0.15, 0.2) is 48.7 Å². The number of amides is 1. The zero-order valence-corrected chi connectivity index (χ0v) is 14.5. The normalized spacial score (nSPS) is 12.1. The highest BCUT2D eigenvalue weighted by molar-refractivity contribution is 5.76. The number of aromatic nitrogens is 3. The summed E-state index contributed by atoms with van der Waals surface area (Å²) in [4.78, 5) is 12.3. The molecule has 2 aromatic heterocycles. The molecule has 1 aromatic carbocycles. The van der Waals surface area contributed by atoms with E-state index in [0.717, 1.165) is 22.8 Å². The number of fused-ring (bicyclic) bond motifs is 1. The van der Waals surface area contributed by atoms with Gasteiger partial charge in [0, 0.05) is 12.6 Å². The molecule has 3 aromatic rings. The first-order chi connectivity index (χ1) is 12.2. The van der Waals surface area contributed by atoms with Crippen LogP contribution in [-0.2, 0) is 11.2 Å². The molecule has 0 radical (unpaired) electrons. The summed E-state index contributed by atoms with van der Waals surface area (Å²) in [7, 11) is 0. The van der Waals surface area contributed by atoms with Crippen LogP contribution in [0, 0.1) is 0 Å². The second kappa shape index (κ2) is 7.79. The fourth-order valence-corrected chi connectivity index (χ4v) is 2.79. The molecule has 1 amide bonds.